The minimum Gasteiger partial charge on any atom is -0.394 e. The van der Waals surface area contributed by atoms with Crippen molar-refractivity contribution in [2.24, 2.45) is 23.7 Å². The third-order valence-electron chi connectivity index (χ3n) is 7.36. The van der Waals surface area contributed by atoms with Crippen molar-refractivity contribution in [2.45, 2.75) is 82.2 Å². The van der Waals surface area contributed by atoms with E-state index in [4.69, 9.17) is 29.1 Å². The Labute approximate surface area is 167 Å². The van der Waals surface area contributed by atoms with Crippen LogP contribution in [0.1, 0.15) is 46.5 Å². The third kappa shape index (κ3) is 3.06. The maximum atomic E-state index is 14.4. The fourth-order valence-electron chi connectivity index (χ4n) is 5.76. The van der Waals surface area contributed by atoms with Gasteiger partial charge in [-0.3, -0.25) is 0 Å². The molecule has 1 spiro atoms. The molecule has 0 aromatic rings. The first-order chi connectivity index (χ1) is 13.5. The highest BCUT2D eigenvalue weighted by Crippen LogP contribution is 2.64. The van der Waals surface area contributed by atoms with Gasteiger partial charge in [-0.25, -0.2) is 9.78 Å². The first kappa shape index (κ1) is 21.7. The normalized spacial score (nSPS) is 50.7. The number of aliphatic hydroxyl groups excluding tert-OH is 2. The van der Waals surface area contributed by atoms with Crippen LogP contribution in [0, 0.1) is 23.7 Å². The van der Waals surface area contributed by atoms with Gasteiger partial charge in [0.1, 0.15) is 6.10 Å². The van der Waals surface area contributed by atoms with E-state index in [1.807, 2.05) is 0 Å². The molecular weight excluding hydrogens is 397 g/mol. The standard InChI is InChI=1S/C19H29F3O7/c1-10-4-5-14-11(2)18(19(20,21)22,25-9-12(24)8-23)27-15-17(14)13(10)6-7-16(3,26-15)28-29-17/h10-15,23-24H,4-9H2,1-3H3/t10-,11-,12?,13+,14+,15+,16-,17-,18-/m1/s1. The fourth-order valence-corrected chi connectivity index (χ4v) is 5.76. The Hall–Kier alpha value is -0.490. The molecule has 5 fully saturated rings. The molecule has 0 amide bonds. The molecule has 7 nitrogen and oxygen atoms in total. The Bertz CT molecular complexity index is 633. The van der Waals surface area contributed by atoms with Crippen molar-refractivity contribution in [3.63, 3.8) is 0 Å². The van der Waals surface area contributed by atoms with Crippen molar-refractivity contribution in [1.82, 2.24) is 0 Å². The molecule has 5 aliphatic rings. The summed E-state index contributed by atoms with van der Waals surface area (Å²) in [5.41, 5.74) is -1.15. The topological polar surface area (TPSA) is 86.6 Å². The van der Waals surface area contributed by atoms with E-state index in [0.717, 1.165) is 6.42 Å². The fraction of sp³-hybridized carbons (Fsp3) is 1.00. The summed E-state index contributed by atoms with van der Waals surface area (Å²) in [5, 5.41) is 18.6. The number of hydrogen-bond acceptors (Lipinski definition) is 7. The van der Waals surface area contributed by atoms with Crippen LogP contribution in [0.25, 0.3) is 0 Å². The van der Waals surface area contributed by atoms with Crippen LogP contribution in [0.2, 0.25) is 0 Å². The van der Waals surface area contributed by atoms with E-state index in [0.29, 0.717) is 19.3 Å². The number of alkyl halides is 3. The molecule has 29 heavy (non-hydrogen) atoms. The molecule has 1 unspecified atom stereocenters. The van der Waals surface area contributed by atoms with Gasteiger partial charge >= 0.3 is 6.18 Å². The predicted molar refractivity (Wildman–Crippen MR) is 90.9 cm³/mol. The molecule has 4 heterocycles. The molecule has 0 aromatic carbocycles. The summed E-state index contributed by atoms with van der Waals surface area (Å²) in [7, 11) is 0. The number of hydrogen-bond donors (Lipinski definition) is 2. The zero-order valence-corrected chi connectivity index (χ0v) is 16.8. The number of aliphatic hydroxyl groups is 2. The van der Waals surface area contributed by atoms with Crippen molar-refractivity contribution in [3.05, 3.63) is 0 Å². The molecule has 0 radical (unpaired) electrons. The van der Waals surface area contributed by atoms with Gasteiger partial charge in [-0.15, -0.1) is 0 Å². The highest BCUT2D eigenvalue weighted by molar-refractivity contribution is 5.12. The number of halogens is 3. The van der Waals surface area contributed by atoms with Gasteiger partial charge in [-0.1, -0.05) is 13.8 Å². The third-order valence-corrected chi connectivity index (χ3v) is 7.36. The van der Waals surface area contributed by atoms with Gasteiger partial charge < -0.3 is 24.4 Å². The average molecular weight is 426 g/mol. The summed E-state index contributed by atoms with van der Waals surface area (Å²) in [6.45, 7) is 3.69. The molecule has 0 aromatic heterocycles. The van der Waals surface area contributed by atoms with Gasteiger partial charge in [-0.05, 0) is 38.0 Å². The Morgan fingerprint density at radius 3 is 2.48 bits per heavy atom. The Kier molecular flexibility index (Phi) is 5.25. The summed E-state index contributed by atoms with van der Waals surface area (Å²) in [4.78, 5) is 11.4. The van der Waals surface area contributed by atoms with Crippen LogP contribution in [-0.2, 0) is 24.0 Å². The second kappa shape index (κ2) is 7.01. The van der Waals surface area contributed by atoms with Crippen LogP contribution in [-0.4, -0.2) is 59.2 Å². The zero-order valence-electron chi connectivity index (χ0n) is 16.8. The van der Waals surface area contributed by atoms with Gasteiger partial charge in [0, 0.05) is 18.3 Å². The number of ether oxygens (including phenoxy) is 3. The quantitative estimate of drug-likeness (QED) is 0.668. The van der Waals surface area contributed by atoms with E-state index in [2.05, 4.69) is 6.92 Å². The second-order valence-corrected chi connectivity index (χ2v) is 9.13. The van der Waals surface area contributed by atoms with Gasteiger partial charge in [0.2, 0.25) is 5.79 Å². The Balaban J connectivity index is 1.78. The summed E-state index contributed by atoms with van der Waals surface area (Å²) >= 11 is 0. The van der Waals surface area contributed by atoms with E-state index < -0.39 is 60.8 Å². The lowest BCUT2D eigenvalue weighted by atomic mass is 9.57. The average Bonchev–Trinajstić information content (AvgIpc) is 2.88. The minimum absolute atomic E-state index is 0.0766. The van der Waals surface area contributed by atoms with Crippen LogP contribution in [0.4, 0.5) is 13.2 Å². The van der Waals surface area contributed by atoms with Crippen molar-refractivity contribution in [2.75, 3.05) is 13.2 Å². The van der Waals surface area contributed by atoms with Crippen LogP contribution in [0.3, 0.4) is 0 Å². The Morgan fingerprint density at radius 1 is 1.10 bits per heavy atom. The van der Waals surface area contributed by atoms with Gasteiger partial charge in [0.05, 0.1) is 13.2 Å². The smallest absolute Gasteiger partial charge is 0.394 e. The van der Waals surface area contributed by atoms with Crippen LogP contribution in [0.15, 0.2) is 0 Å². The summed E-state index contributed by atoms with van der Waals surface area (Å²) < 4.78 is 59.9. The van der Waals surface area contributed by atoms with E-state index in [1.165, 1.54) is 6.92 Å². The minimum atomic E-state index is -4.89. The van der Waals surface area contributed by atoms with Gasteiger partial charge in [-0.2, -0.15) is 13.2 Å². The Morgan fingerprint density at radius 2 is 1.83 bits per heavy atom. The first-order valence-corrected chi connectivity index (χ1v) is 10.2. The van der Waals surface area contributed by atoms with Gasteiger partial charge in [0.25, 0.3) is 5.79 Å². The van der Waals surface area contributed by atoms with Crippen LogP contribution >= 0.6 is 0 Å². The summed E-state index contributed by atoms with van der Waals surface area (Å²) in [5.74, 6) is -5.79. The predicted octanol–water partition coefficient (Wildman–Crippen LogP) is 2.50. The van der Waals surface area contributed by atoms with Crippen LogP contribution < -0.4 is 0 Å². The van der Waals surface area contributed by atoms with Gasteiger partial charge in [0.15, 0.2) is 11.9 Å². The zero-order chi connectivity index (χ0) is 21.2. The number of rotatable bonds is 4. The maximum absolute atomic E-state index is 14.4. The lowest BCUT2D eigenvalue weighted by molar-refractivity contribution is -0.599. The molecule has 2 bridgehead atoms. The molecule has 1 saturated carbocycles. The SMILES string of the molecule is C[C@@H]1CC[C@H]2[C@@H](C)[C@](OCC(O)CO)(C(F)(F)F)O[C@@H]3O[C@@]4(C)CC[C@@H]1[C@]32OO4. The van der Waals surface area contributed by atoms with Crippen molar-refractivity contribution >= 4 is 0 Å². The van der Waals surface area contributed by atoms with Crippen molar-refractivity contribution in [1.29, 1.82) is 0 Å². The maximum Gasteiger partial charge on any atom is 0.443 e. The molecule has 4 saturated heterocycles. The number of fused-ring (bicyclic) bond motifs is 2. The van der Waals surface area contributed by atoms with E-state index in [9.17, 15) is 18.3 Å². The molecule has 9 atom stereocenters. The molecule has 5 rings (SSSR count). The molecule has 1 aliphatic carbocycles. The van der Waals surface area contributed by atoms with E-state index in [1.54, 1.807) is 6.92 Å². The molecule has 10 heteroatoms. The van der Waals surface area contributed by atoms with Crippen molar-refractivity contribution < 1.29 is 47.4 Å². The van der Waals surface area contributed by atoms with Crippen molar-refractivity contribution in [3.8, 4) is 0 Å². The molecule has 168 valence electrons. The molecule has 4 aliphatic heterocycles. The summed E-state index contributed by atoms with van der Waals surface area (Å²) in [6, 6.07) is 0. The lowest BCUT2D eigenvalue weighted by Crippen LogP contribution is -2.76. The highest BCUT2D eigenvalue weighted by atomic mass is 19.4. The van der Waals surface area contributed by atoms with E-state index >= 15 is 0 Å². The molecular formula is C19H29F3O7. The summed E-state index contributed by atoms with van der Waals surface area (Å²) in [6.07, 6.45) is -5.27. The van der Waals surface area contributed by atoms with Crippen LogP contribution in [0.5, 0.6) is 0 Å². The highest BCUT2D eigenvalue weighted by Gasteiger charge is 2.77. The lowest BCUT2D eigenvalue weighted by Gasteiger charge is -2.62. The van der Waals surface area contributed by atoms with E-state index in [-0.39, 0.29) is 11.8 Å². The largest absolute Gasteiger partial charge is 0.443 e. The first-order valence-electron chi connectivity index (χ1n) is 10.2. The molecule has 2 N–H and O–H groups in total. The monoisotopic (exact) mass is 426 g/mol. The second-order valence-electron chi connectivity index (χ2n) is 9.13.